The number of hydrogen-bond acceptors (Lipinski definition) is 2. The first kappa shape index (κ1) is 19.0. The van der Waals surface area contributed by atoms with Gasteiger partial charge in [-0.2, -0.15) is 0 Å². The van der Waals surface area contributed by atoms with E-state index in [0.29, 0.717) is 12.0 Å². The zero-order valence-electron chi connectivity index (χ0n) is 14.0. The molecular weight excluding hydrogens is 456 g/mol. The fraction of sp³-hybridized carbons (Fsp3) is 0.136. The van der Waals surface area contributed by atoms with Crippen LogP contribution in [0.2, 0.25) is 0 Å². The third-order valence-electron chi connectivity index (χ3n) is 4.36. The number of carbonyl (C=O) groups excluding carboxylic acids is 1. The van der Waals surface area contributed by atoms with E-state index in [-0.39, 0.29) is 5.78 Å². The molecule has 26 heavy (non-hydrogen) atoms. The van der Waals surface area contributed by atoms with Gasteiger partial charge in [0, 0.05) is 14.5 Å². The minimum atomic E-state index is -0.876. The summed E-state index contributed by atoms with van der Waals surface area (Å²) in [6.07, 6.45) is -0.405. The molecule has 3 rings (SSSR count). The summed E-state index contributed by atoms with van der Waals surface area (Å²) in [6, 6.07) is 24.5. The van der Waals surface area contributed by atoms with E-state index < -0.39 is 12.0 Å². The van der Waals surface area contributed by atoms with Gasteiger partial charge in [-0.15, -0.1) is 0 Å². The average Bonchev–Trinajstić information content (AvgIpc) is 2.68. The van der Waals surface area contributed by atoms with Crippen molar-refractivity contribution in [3.05, 3.63) is 104 Å². The topological polar surface area (TPSA) is 37.3 Å². The molecule has 0 heterocycles. The summed E-state index contributed by atoms with van der Waals surface area (Å²) in [6.45, 7) is 0. The summed E-state index contributed by atoms with van der Waals surface area (Å²) in [5.74, 6) is -0.608. The first-order chi connectivity index (χ1) is 12.5. The van der Waals surface area contributed by atoms with E-state index in [1.807, 2.05) is 66.7 Å². The van der Waals surface area contributed by atoms with Crippen molar-refractivity contribution in [1.29, 1.82) is 0 Å². The molecule has 2 nitrogen and oxygen atoms in total. The molecule has 3 aromatic rings. The van der Waals surface area contributed by atoms with Crippen LogP contribution in [0, 0.1) is 5.92 Å². The Morgan fingerprint density at radius 2 is 1.35 bits per heavy atom. The molecule has 4 heteroatoms. The van der Waals surface area contributed by atoms with Crippen LogP contribution in [-0.2, 0) is 6.42 Å². The molecule has 0 spiro atoms. The van der Waals surface area contributed by atoms with Crippen LogP contribution >= 0.6 is 31.9 Å². The van der Waals surface area contributed by atoms with E-state index in [1.165, 1.54) is 0 Å². The summed E-state index contributed by atoms with van der Waals surface area (Å²) >= 11 is 6.83. The summed E-state index contributed by atoms with van der Waals surface area (Å²) in [7, 11) is 0. The van der Waals surface area contributed by atoms with Crippen LogP contribution < -0.4 is 0 Å². The van der Waals surface area contributed by atoms with E-state index in [4.69, 9.17) is 0 Å². The van der Waals surface area contributed by atoms with Crippen molar-refractivity contribution in [2.45, 2.75) is 12.5 Å². The van der Waals surface area contributed by atoms with E-state index in [9.17, 15) is 9.90 Å². The fourth-order valence-electron chi connectivity index (χ4n) is 2.93. The second-order valence-corrected chi connectivity index (χ2v) is 8.00. The predicted octanol–water partition coefficient (Wildman–Crippen LogP) is 5.99. The lowest BCUT2D eigenvalue weighted by Gasteiger charge is -2.23. The molecule has 1 N–H and O–H groups in total. The summed E-state index contributed by atoms with van der Waals surface area (Å²) in [4.78, 5) is 13.1. The molecular formula is C22H18Br2O2. The fourth-order valence-corrected chi connectivity index (χ4v) is 3.46. The number of halogens is 2. The third kappa shape index (κ3) is 4.70. The maximum absolute atomic E-state index is 13.1. The molecule has 132 valence electrons. The number of carbonyl (C=O) groups is 1. The van der Waals surface area contributed by atoms with E-state index in [1.54, 1.807) is 12.1 Å². The highest BCUT2D eigenvalue weighted by Gasteiger charge is 2.29. The normalized spacial score (nSPS) is 13.2. The Balaban J connectivity index is 1.93. The molecule has 0 amide bonds. The van der Waals surface area contributed by atoms with Crippen LogP contribution in [0.1, 0.15) is 27.6 Å². The lowest BCUT2D eigenvalue weighted by Crippen LogP contribution is -2.25. The quantitative estimate of drug-likeness (QED) is 0.446. The van der Waals surface area contributed by atoms with Gasteiger partial charge in [0.2, 0.25) is 0 Å². The molecule has 0 aliphatic heterocycles. The highest BCUT2D eigenvalue weighted by Crippen LogP contribution is 2.30. The highest BCUT2D eigenvalue weighted by atomic mass is 79.9. The van der Waals surface area contributed by atoms with Crippen LogP contribution in [0.25, 0.3) is 0 Å². The van der Waals surface area contributed by atoms with Crippen molar-refractivity contribution in [1.82, 2.24) is 0 Å². The number of aliphatic hydroxyl groups excluding tert-OH is 1. The lowest BCUT2D eigenvalue weighted by molar-refractivity contribution is 0.0676. The number of aliphatic hydroxyl groups is 1. The largest absolute Gasteiger partial charge is 0.388 e. The standard InChI is InChI=1S/C22H18Br2O2/c23-18-10-6-15(7-11-18)14-20(21(25)16-4-2-1-3-5-16)22(26)17-8-12-19(24)13-9-17/h1-13,20,22,26H,14H2/t20-,22+/m0/s1. The number of ketones is 1. The van der Waals surface area contributed by atoms with Gasteiger partial charge in [-0.1, -0.05) is 86.5 Å². The average molecular weight is 474 g/mol. The van der Waals surface area contributed by atoms with Crippen molar-refractivity contribution < 1.29 is 9.90 Å². The Hall–Kier alpha value is -1.75. The van der Waals surface area contributed by atoms with Gasteiger partial charge in [0.25, 0.3) is 0 Å². The van der Waals surface area contributed by atoms with Gasteiger partial charge in [-0.05, 0) is 41.8 Å². The second kappa shape index (κ2) is 8.76. The van der Waals surface area contributed by atoms with Gasteiger partial charge in [0.05, 0.1) is 12.0 Å². The maximum atomic E-state index is 13.1. The zero-order valence-corrected chi connectivity index (χ0v) is 17.2. The number of benzene rings is 3. The van der Waals surface area contributed by atoms with Gasteiger partial charge in [-0.3, -0.25) is 4.79 Å². The smallest absolute Gasteiger partial charge is 0.169 e. The van der Waals surface area contributed by atoms with Gasteiger partial charge < -0.3 is 5.11 Å². The number of rotatable bonds is 6. The summed E-state index contributed by atoms with van der Waals surface area (Å²) < 4.78 is 1.92. The second-order valence-electron chi connectivity index (χ2n) is 6.16. The van der Waals surface area contributed by atoms with Gasteiger partial charge >= 0.3 is 0 Å². The Bertz CT molecular complexity index is 859. The molecule has 0 aromatic heterocycles. The Labute approximate surface area is 170 Å². The molecule has 0 saturated carbocycles. The van der Waals surface area contributed by atoms with E-state index in [2.05, 4.69) is 31.9 Å². The monoisotopic (exact) mass is 472 g/mol. The Morgan fingerprint density at radius 3 is 1.92 bits per heavy atom. The number of hydrogen-bond donors (Lipinski definition) is 1. The molecule has 3 aromatic carbocycles. The van der Waals surface area contributed by atoms with Gasteiger partial charge in [0.1, 0.15) is 0 Å². The van der Waals surface area contributed by atoms with Crippen LogP contribution in [0.5, 0.6) is 0 Å². The van der Waals surface area contributed by atoms with Crippen LogP contribution in [-0.4, -0.2) is 10.9 Å². The maximum Gasteiger partial charge on any atom is 0.169 e. The molecule has 0 bridgehead atoms. The zero-order chi connectivity index (χ0) is 18.5. The summed E-state index contributed by atoms with van der Waals surface area (Å²) in [5.41, 5.74) is 2.36. The third-order valence-corrected chi connectivity index (χ3v) is 5.41. The molecule has 0 unspecified atom stereocenters. The van der Waals surface area contributed by atoms with Crippen LogP contribution in [0.3, 0.4) is 0 Å². The first-order valence-electron chi connectivity index (χ1n) is 8.32. The first-order valence-corrected chi connectivity index (χ1v) is 9.90. The Kier molecular flexibility index (Phi) is 6.41. The molecule has 0 saturated heterocycles. The van der Waals surface area contributed by atoms with Crippen molar-refractivity contribution in [2.24, 2.45) is 5.92 Å². The Morgan fingerprint density at radius 1 is 0.808 bits per heavy atom. The lowest BCUT2D eigenvalue weighted by atomic mass is 9.84. The molecule has 0 fully saturated rings. The highest BCUT2D eigenvalue weighted by molar-refractivity contribution is 9.10. The molecule has 0 aliphatic carbocycles. The molecule has 0 radical (unpaired) electrons. The van der Waals surface area contributed by atoms with Crippen molar-refractivity contribution in [3.8, 4) is 0 Å². The SMILES string of the molecule is O=C(c1ccccc1)[C@H](Cc1ccc(Br)cc1)[C@H](O)c1ccc(Br)cc1. The summed E-state index contributed by atoms with van der Waals surface area (Å²) in [5, 5.41) is 11.0. The van der Waals surface area contributed by atoms with Crippen LogP contribution in [0.15, 0.2) is 87.8 Å². The molecule has 0 aliphatic rings. The number of Topliss-reactive ketones (excluding diaryl/α,β-unsaturated/α-hetero) is 1. The van der Waals surface area contributed by atoms with Crippen molar-refractivity contribution in [2.75, 3.05) is 0 Å². The van der Waals surface area contributed by atoms with Crippen LogP contribution in [0.4, 0.5) is 0 Å². The van der Waals surface area contributed by atoms with Crippen molar-refractivity contribution >= 4 is 37.6 Å². The molecule has 2 atom stereocenters. The van der Waals surface area contributed by atoms with Crippen molar-refractivity contribution in [3.63, 3.8) is 0 Å². The predicted molar refractivity (Wildman–Crippen MR) is 111 cm³/mol. The van der Waals surface area contributed by atoms with E-state index >= 15 is 0 Å². The van der Waals surface area contributed by atoms with Gasteiger partial charge in [-0.25, -0.2) is 0 Å². The van der Waals surface area contributed by atoms with Gasteiger partial charge in [0.15, 0.2) is 5.78 Å². The minimum absolute atomic E-state index is 0.0519. The van der Waals surface area contributed by atoms with E-state index in [0.717, 1.165) is 20.1 Å². The minimum Gasteiger partial charge on any atom is -0.388 e.